The molecule has 5 heteroatoms. The topological polar surface area (TPSA) is 39.1 Å². The minimum absolute atomic E-state index is 0.429. The van der Waals surface area contributed by atoms with Crippen molar-refractivity contribution in [1.82, 2.24) is 10.2 Å². The van der Waals surface area contributed by atoms with Crippen molar-refractivity contribution in [3.8, 4) is 6.07 Å². The fourth-order valence-corrected chi connectivity index (χ4v) is 2.28. The van der Waals surface area contributed by atoms with E-state index >= 15 is 0 Å². The summed E-state index contributed by atoms with van der Waals surface area (Å²) in [4.78, 5) is 2.29. The Labute approximate surface area is 125 Å². The van der Waals surface area contributed by atoms with Crippen molar-refractivity contribution in [3.05, 3.63) is 33.8 Å². The quantitative estimate of drug-likeness (QED) is 0.838. The summed E-state index contributed by atoms with van der Waals surface area (Å²) >= 11 is 12.0. The molecule has 19 heavy (non-hydrogen) atoms. The molecule has 1 aromatic carbocycles. The van der Waals surface area contributed by atoms with Gasteiger partial charge in [0.25, 0.3) is 0 Å². The second kappa shape index (κ2) is 8.39. The van der Waals surface area contributed by atoms with Crippen LogP contribution >= 0.6 is 23.2 Å². The molecule has 1 N–H and O–H groups in total. The number of nitriles is 1. The van der Waals surface area contributed by atoms with Crippen LogP contribution in [0.1, 0.15) is 25.5 Å². The van der Waals surface area contributed by atoms with Gasteiger partial charge in [-0.25, -0.2) is 0 Å². The van der Waals surface area contributed by atoms with Crippen LogP contribution in [0.3, 0.4) is 0 Å². The zero-order valence-electron chi connectivity index (χ0n) is 11.3. The average Bonchev–Trinajstić information content (AvgIpc) is 2.42. The van der Waals surface area contributed by atoms with E-state index in [1.54, 1.807) is 18.2 Å². The van der Waals surface area contributed by atoms with E-state index in [4.69, 9.17) is 23.2 Å². The lowest BCUT2D eigenvalue weighted by atomic mass is 10.1. The van der Waals surface area contributed by atoms with E-state index in [9.17, 15) is 5.26 Å². The van der Waals surface area contributed by atoms with Crippen LogP contribution in [0.15, 0.2) is 18.2 Å². The number of nitrogens with zero attached hydrogens (tertiary/aromatic N) is 2. The third kappa shape index (κ3) is 5.00. The lowest BCUT2D eigenvalue weighted by molar-refractivity contribution is 0.300. The Morgan fingerprint density at radius 3 is 2.58 bits per heavy atom. The molecule has 0 aliphatic carbocycles. The largest absolute Gasteiger partial charge is 0.303 e. The van der Waals surface area contributed by atoms with Gasteiger partial charge in [0.05, 0.1) is 6.07 Å². The molecule has 0 saturated heterocycles. The van der Waals surface area contributed by atoms with Crippen LogP contribution in [-0.2, 0) is 0 Å². The highest BCUT2D eigenvalue weighted by Gasteiger charge is 2.14. The molecule has 0 heterocycles. The first-order valence-corrected chi connectivity index (χ1v) is 7.18. The summed E-state index contributed by atoms with van der Waals surface area (Å²) in [7, 11) is 0. The monoisotopic (exact) mass is 299 g/mol. The summed E-state index contributed by atoms with van der Waals surface area (Å²) in [6.45, 7) is 7.91. The Balaban J connectivity index is 2.64. The molecule has 1 unspecified atom stereocenters. The maximum absolute atomic E-state index is 9.25. The van der Waals surface area contributed by atoms with Crippen molar-refractivity contribution in [3.63, 3.8) is 0 Å². The summed E-state index contributed by atoms with van der Waals surface area (Å²) < 4.78 is 0. The highest BCUT2D eigenvalue weighted by atomic mass is 35.5. The molecule has 0 saturated carbocycles. The van der Waals surface area contributed by atoms with Gasteiger partial charge in [0.15, 0.2) is 0 Å². The second-order valence-electron chi connectivity index (χ2n) is 4.21. The predicted octanol–water partition coefficient (Wildman–Crippen LogP) is 3.49. The van der Waals surface area contributed by atoms with Gasteiger partial charge < -0.3 is 4.90 Å². The zero-order valence-corrected chi connectivity index (χ0v) is 12.8. The van der Waals surface area contributed by atoms with Crippen molar-refractivity contribution in [1.29, 1.82) is 5.26 Å². The van der Waals surface area contributed by atoms with E-state index in [2.05, 4.69) is 30.1 Å². The molecular weight excluding hydrogens is 281 g/mol. The Morgan fingerprint density at radius 1 is 1.32 bits per heavy atom. The normalized spacial score (nSPS) is 12.4. The molecule has 1 aromatic rings. The van der Waals surface area contributed by atoms with Crippen LogP contribution in [0.5, 0.6) is 0 Å². The fraction of sp³-hybridized carbons (Fsp3) is 0.500. The van der Waals surface area contributed by atoms with E-state index in [0.717, 1.165) is 31.7 Å². The summed E-state index contributed by atoms with van der Waals surface area (Å²) in [5, 5.41) is 13.6. The molecule has 0 amide bonds. The molecule has 3 nitrogen and oxygen atoms in total. The van der Waals surface area contributed by atoms with Crippen molar-refractivity contribution in [2.24, 2.45) is 0 Å². The molecule has 104 valence electrons. The standard InChI is InChI=1S/C14H19Cl2N3/c1-3-19(4-2)8-7-18-14(10-17)12-9-11(15)5-6-13(12)16/h5-6,9,14,18H,3-4,7-8H2,1-2H3. The minimum Gasteiger partial charge on any atom is -0.303 e. The second-order valence-corrected chi connectivity index (χ2v) is 5.05. The first-order chi connectivity index (χ1) is 9.12. The van der Waals surface area contributed by atoms with Gasteiger partial charge >= 0.3 is 0 Å². The van der Waals surface area contributed by atoms with Crippen LogP contribution in [0, 0.1) is 11.3 Å². The summed E-state index contributed by atoms with van der Waals surface area (Å²) in [5.41, 5.74) is 0.733. The number of halogens is 2. The van der Waals surface area contributed by atoms with Crippen molar-refractivity contribution in [2.45, 2.75) is 19.9 Å². The van der Waals surface area contributed by atoms with Crippen molar-refractivity contribution in [2.75, 3.05) is 26.2 Å². The molecule has 0 spiro atoms. The summed E-state index contributed by atoms with van der Waals surface area (Å²) in [5.74, 6) is 0. The van der Waals surface area contributed by atoms with E-state index < -0.39 is 6.04 Å². The lowest BCUT2D eigenvalue weighted by Crippen LogP contribution is -2.33. The molecule has 1 rings (SSSR count). The van der Waals surface area contributed by atoms with Crippen LogP contribution in [0.2, 0.25) is 10.0 Å². The van der Waals surface area contributed by atoms with E-state index in [1.165, 1.54) is 0 Å². The third-order valence-corrected chi connectivity index (χ3v) is 3.65. The maximum atomic E-state index is 9.25. The van der Waals surface area contributed by atoms with Gasteiger partial charge in [-0.3, -0.25) is 5.32 Å². The maximum Gasteiger partial charge on any atom is 0.122 e. The number of hydrogen-bond donors (Lipinski definition) is 1. The minimum atomic E-state index is -0.429. The third-order valence-electron chi connectivity index (χ3n) is 3.07. The fourth-order valence-electron chi connectivity index (χ4n) is 1.87. The van der Waals surface area contributed by atoms with Crippen LogP contribution in [0.4, 0.5) is 0 Å². The Bertz CT molecular complexity index is 439. The molecule has 0 aliphatic rings. The molecule has 0 radical (unpaired) electrons. The zero-order chi connectivity index (χ0) is 14.3. The SMILES string of the molecule is CCN(CC)CCNC(C#N)c1cc(Cl)ccc1Cl. The molecule has 0 fully saturated rings. The number of nitrogens with one attached hydrogen (secondary N) is 1. The Kier molecular flexibility index (Phi) is 7.19. The molecule has 0 aromatic heterocycles. The van der Waals surface area contributed by atoms with Gasteiger partial charge in [-0.2, -0.15) is 5.26 Å². The summed E-state index contributed by atoms with van der Waals surface area (Å²) in [6.07, 6.45) is 0. The van der Waals surface area contributed by atoms with Crippen LogP contribution < -0.4 is 5.32 Å². The molecule has 0 aliphatic heterocycles. The first-order valence-electron chi connectivity index (χ1n) is 6.42. The molecular formula is C14H19Cl2N3. The van der Waals surface area contributed by atoms with E-state index in [1.807, 2.05) is 0 Å². The number of rotatable bonds is 7. The molecule has 0 bridgehead atoms. The highest BCUT2D eigenvalue weighted by molar-refractivity contribution is 6.33. The van der Waals surface area contributed by atoms with Crippen molar-refractivity contribution < 1.29 is 0 Å². The molecule has 1 atom stereocenters. The predicted molar refractivity (Wildman–Crippen MR) is 80.6 cm³/mol. The van der Waals surface area contributed by atoms with Crippen molar-refractivity contribution >= 4 is 23.2 Å². The van der Waals surface area contributed by atoms with Gasteiger partial charge in [-0.05, 0) is 31.3 Å². The van der Waals surface area contributed by atoms with E-state index in [0.29, 0.717) is 10.0 Å². The van der Waals surface area contributed by atoms with Gasteiger partial charge in [0.2, 0.25) is 0 Å². The van der Waals surface area contributed by atoms with Gasteiger partial charge in [-0.1, -0.05) is 37.0 Å². The average molecular weight is 300 g/mol. The van der Waals surface area contributed by atoms with Gasteiger partial charge in [0.1, 0.15) is 6.04 Å². The van der Waals surface area contributed by atoms with Crippen LogP contribution in [-0.4, -0.2) is 31.1 Å². The first kappa shape index (κ1) is 16.3. The lowest BCUT2D eigenvalue weighted by Gasteiger charge is -2.20. The van der Waals surface area contributed by atoms with Crippen LogP contribution in [0.25, 0.3) is 0 Å². The van der Waals surface area contributed by atoms with Gasteiger partial charge in [0, 0.05) is 28.7 Å². The van der Waals surface area contributed by atoms with E-state index in [-0.39, 0.29) is 0 Å². The smallest absolute Gasteiger partial charge is 0.122 e. The Morgan fingerprint density at radius 2 is 2.00 bits per heavy atom. The highest BCUT2D eigenvalue weighted by Crippen LogP contribution is 2.25. The number of likely N-dealkylation sites (N-methyl/N-ethyl adjacent to an activating group) is 1. The Hall–Kier alpha value is -0.790. The summed E-state index contributed by atoms with van der Waals surface area (Å²) in [6, 6.07) is 6.97. The number of benzene rings is 1. The van der Waals surface area contributed by atoms with Gasteiger partial charge in [-0.15, -0.1) is 0 Å². The number of hydrogen-bond acceptors (Lipinski definition) is 3.